The van der Waals surface area contributed by atoms with Gasteiger partial charge in [-0.1, -0.05) is 24.3 Å². The minimum atomic E-state index is -0.414. The number of amides is 1. The fourth-order valence-corrected chi connectivity index (χ4v) is 8.47. The molecule has 2 N–H and O–H groups in total. The van der Waals surface area contributed by atoms with Crippen molar-refractivity contribution in [3.63, 3.8) is 0 Å². The molecule has 0 atom stereocenters. The topological polar surface area (TPSA) is 106 Å². The van der Waals surface area contributed by atoms with Crippen molar-refractivity contribution >= 4 is 40.4 Å². The highest BCUT2D eigenvalue weighted by atomic mass is 32.1. The van der Waals surface area contributed by atoms with Gasteiger partial charge in [0.05, 0.1) is 16.3 Å². The molecule has 0 spiro atoms. The monoisotopic (exact) mass is 637 g/mol. The Morgan fingerprint density at radius 1 is 1.04 bits per heavy atom. The van der Waals surface area contributed by atoms with Crippen LogP contribution >= 0.6 is 11.3 Å². The number of piperidine rings is 1. The number of carbonyl (C=O) groups is 2. The first kappa shape index (κ1) is 30.4. The van der Waals surface area contributed by atoms with Crippen molar-refractivity contribution in [1.82, 2.24) is 14.9 Å². The van der Waals surface area contributed by atoms with Gasteiger partial charge in [0.15, 0.2) is 5.82 Å². The molecule has 1 aliphatic carbocycles. The highest BCUT2D eigenvalue weighted by molar-refractivity contribution is 7.14. The summed E-state index contributed by atoms with van der Waals surface area (Å²) in [5.41, 5.74) is 7.04. The number of aromatic nitrogens is 2. The maximum atomic E-state index is 14.0. The van der Waals surface area contributed by atoms with Gasteiger partial charge in [-0.15, -0.1) is 11.3 Å². The second kappa shape index (κ2) is 12.8. The number of nitrogens with zero attached hydrogens (tertiary/aromatic N) is 3. The molecular formula is C36H39N5O4S. The Morgan fingerprint density at radius 3 is 2.61 bits per heavy atom. The number of hydrogen-bond donors (Lipinski definition) is 2. The normalized spacial score (nSPS) is 16.6. The molecule has 7 rings (SSSR count). The summed E-state index contributed by atoms with van der Waals surface area (Å²) in [7, 11) is 1.70. The average molecular weight is 638 g/mol. The van der Waals surface area contributed by atoms with E-state index in [9.17, 15) is 14.4 Å². The number of esters is 1. The molecule has 9 nitrogen and oxygen atoms in total. The zero-order valence-corrected chi connectivity index (χ0v) is 27.2. The zero-order valence-electron chi connectivity index (χ0n) is 26.4. The molecular weight excluding hydrogens is 598 g/mol. The predicted octanol–water partition coefficient (Wildman–Crippen LogP) is 5.86. The number of hydrogen-bond acceptors (Lipinski definition) is 8. The molecule has 0 unspecified atom stereocenters. The van der Waals surface area contributed by atoms with Gasteiger partial charge < -0.3 is 24.8 Å². The molecule has 4 aromatic rings. The maximum absolute atomic E-state index is 14.0. The zero-order chi connectivity index (χ0) is 31.8. The number of anilines is 3. The van der Waals surface area contributed by atoms with E-state index >= 15 is 0 Å². The Hall–Kier alpha value is -4.28. The van der Waals surface area contributed by atoms with Crippen LogP contribution in [0.1, 0.15) is 75.3 Å². The lowest BCUT2D eigenvalue weighted by Crippen LogP contribution is -2.37. The first-order valence-corrected chi connectivity index (χ1v) is 17.1. The van der Waals surface area contributed by atoms with Crippen LogP contribution in [0.25, 0.3) is 11.3 Å². The quantitative estimate of drug-likeness (QED) is 0.245. The first-order valence-electron chi connectivity index (χ1n) is 16.2. The van der Waals surface area contributed by atoms with Gasteiger partial charge in [0, 0.05) is 48.4 Å². The van der Waals surface area contributed by atoms with Gasteiger partial charge in [-0.2, -0.15) is 0 Å². The van der Waals surface area contributed by atoms with Crippen molar-refractivity contribution < 1.29 is 14.3 Å². The van der Waals surface area contributed by atoms with Crippen molar-refractivity contribution in [2.45, 2.75) is 64.4 Å². The maximum Gasteiger partial charge on any atom is 0.302 e. The molecule has 1 amide bonds. The summed E-state index contributed by atoms with van der Waals surface area (Å²) in [4.78, 5) is 48.0. The lowest BCUT2D eigenvalue weighted by Gasteiger charge is -2.30. The molecule has 1 saturated heterocycles. The molecule has 2 aliphatic heterocycles. The van der Waals surface area contributed by atoms with E-state index in [4.69, 9.17) is 9.72 Å². The number of aryl methyl sites for hydroxylation is 2. The summed E-state index contributed by atoms with van der Waals surface area (Å²) >= 11 is 1.65. The Kier molecular flexibility index (Phi) is 8.48. The fourth-order valence-electron chi connectivity index (χ4n) is 7.09. The number of carbonyl (C=O) groups excluding carboxylic acids is 2. The summed E-state index contributed by atoms with van der Waals surface area (Å²) in [5.74, 6) is 0.311. The number of fused-ring (bicyclic) bond motifs is 3. The van der Waals surface area contributed by atoms with Crippen LogP contribution in [-0.4, -0.2) is 41.1 Å². The van der Waals surface area contributed by atoms with Crippen molar-refractivity contribution in [1.29, 1.82) is 0 Å². The van der Waals surface area contributed by atoms with Crippen molar-refractivity contribution in [3.8, 4) is 11.3 Å². The van der Waals surface area contributed by atoms with Crippen LogP contribution in [0.3, 0.4) is 0 Å². The summed E-state index contributed by atoms with van der Waals surface area (Å²) in [5, 5.41) is 6.65. The van der Waals surface area contributed by atoms with E-state index in [1.54, 1.807) is 24.6 Å². The molecule has 10 heteroatoms. The summed E-state index contributed by atoms with van der Waals surface area (Å²) < 4.78 is 7.05. The van der Waals surface area contributed by atoms with Crippen molar-refractivity contribution in [2.75, 3.05) is 29.9 Å². The molecule has 238 valence electrons. The van der Waals surface area contributed by atoms with Crippen molar-refractivity contribution in [3.05, 3.63) is 91.0 Å². The van der Waals surface area contributed by atoms with E-state index < -0.39 is 5.97 Å². The fraction of sp³-hybridized carbons (Fsp3) is 0.389. The molecule has 0 saturated carbocycles. The number of ether oxygens (including phenoxy) is 1. The van der Waals surface area contributed by atoms with Crippen LogP contribution in [0.15, 0.2) is 53.5 Å². The molecule has 0 bridgehead atoms. The van der Waals surface area contributed by atoms with Crippen LogP contribution in [0, 0.1) is 0 Å². The van der Waals surface area contributed by atoms with Gasteiger partial charge in [0.2, 0.25) is 0 Å². The summed E-state index contributed by atoms with van der Waals surface area (Å²) in [6.07, 6.45) is 9.17. The van der Waals surface area contributed by atoms with E-state index in [-0.39, 0.29) is 23.9 Å². The molecule has 2 aromatic heterocycles. The second-order valence-electron chi connectivity index (χ2n) is 12.5. The molecule has 46 heavy (non-hydrogen) atoms. The highest BCUT2D eigenvalue weighted by Crippen LogP contribution is 2.40. The van der Waals surface area contributed by atoms with E-state index in [0.29, 0.717) is 35.0 Å². The van der Waals surface area contributed by atoms with Gasteiger partial charge in [0.1, 0.15) is 6.61 Å². The van der Waals surface area contributed by atoms with Gasteiger partial charge in [0.25, 0.3) is 11.5 Å². The Labute approximate surface area is 272 Å². The predicted molar refractivity (Wildman–Crippen MR) is 181 cm³/mol. The molecule has 0 radical (unpaired) electrons. The van der Waals surface area contributed by atoms with Crippen LogP contribution in [0.5, 0.6) is 0 Å². The van der Waals surface area contributed by atoms with Gasteiger partial charge in [-0.25, -0.2) is 4.98 Å². The van der Waals surface area contributed by atoms with E-state index in [1.165, 1.54) is 45.9 Å². The highest BCUT2D eigenvalue weighted by Gasteiger charge is 2.33. The number of nitrogens with one attached hydrogen (secondary N) is 2. The SMILES string of the molecule is CC(=O)OCc1c(-c2cn(C)c(=O)c(Nc3ccc(C4CCNCC4)cc3)n2)cccc1N1CCc2c(sc3c2CCCC3)C1=O. The minimum Gasteiger partial charge on any atom is -0.461 e. The molecule has 3 aliphatic rings. The van der Waals surface area contributed by atoms with Crippen LogP contribution < -0.4 is 21.1 Å². The van der Waals surface area contributed by atoms with E-state index in [0.717, 1.165) is 55.8 Å². The van der Waals surface area contributed by atoms with Gasteiger partial charge in [-0.05, 0) is 98.8 Å². The Morgan fingerprint density at radius 2 is 1.83 bits per heavy atom. The van der Waals surface area contributed by atoms with Crippen molar-refractivity contribution in [2.24, 2.45) is 7.05 Å². The molecule has 4 heterocycles. The minimum absolute atomic E-state index is 0.00871. The number of benzene rings is 2. The first-order chi connectivity index (χ1) is 22.4. The summed E-state index contributed by atoms with van der Waals surface area (Å²) in [6.45, 7) is 3.96. The number of rotatable bonds is 7. The largest absolute Gasteiger partial charge is 0.461 e. The third kappa shape index (κ3) is 5.87. The Bertz CT molecular complexity index is 1860. The third-order valence-corrected chi connectivity index (χ3v) is 10.8. The number of thiophene rings is 1. The second-order valence-corrected chi connectivity index (χ2v) is 13.6. The lowest BCUT2D eigenvalue weighted by atomic mass is 9.90. The average Bonchev–Trinajstić information content (AvgIpc) is 3.46. The summed E-state index contributed by atoms with van der Waals surface area (Å²) in [6, 6.07) is 13.9. The lowest BCUT2D eigenvalue weighted by molar-refractivity contribution is -0.142. The van der Waals surface area contributed by atoms with Crippen LogP contribution in [0.4, 0.5) is 17.2 Å². The van der Waals surface area contributed by atoms with Crippen LogP contribution in [0.2, 0.25) is 0 Å². The van der Waals surface area contributed by atoms with Gasteiger partial charge in [-0.3, -0.25) is 14.4 Å². The van der Waals surface area contributed by atoms with Gasteiger partial charge >= 0.3 is 5.97 Å². The van der Waals surface area contributed by atoms with Crippen LogP contribution in [-0.2, 0) is 42.4 Å². The van der Waals surface area contributed by atoms with E-state index in [2.05, 4.69) is 22.8 Å². The molecule has 2 aromatic carbocycles. The Balaban J connectivity index is 1.23. The molecule has 1 fully saturated rings. The third-order valence-electron chi connectivity index (χ3n) is 9.50. The standard InChI is InChI=1S/C36H39N5O4S/c1-22(42)45-21-29-26(7-5-8-31(29)41-19-16-28-27-6-3-4-9-32(27)46-33(28)35(41)43)30-20-40(2)36(44)34(39-30)38-25-12-10-23(11-13-25)24-14-17-37-18-15-24/h5,7-8,10-13,20,24,37H,3-4,6,9,14-19,21H2,1-2H3,(H,38,39). The van der Waals surface area contributed by atoms with E-state index in [1.807, 2.05) is 35.2 Å². The smallest absolute Gasteiger partial charge is 0.302 e.